The zero-order valence-corrected chi connectivity index (χ0v) is 8.85. The molecule has 2 atom stereocenters. The molecule has 2 unspecified atom stereocenters. The fraction of sp³-hybridized carbons (Fsp3) is 0.455. The zero-order valence-electron chi connectivity index (χ0n) is 8.85. The topological polar surface area (TPSA) is 20.2 Å². The van der Waals surface area contributed by atoms with Crippen LogP contribution in [-0.2, 0) is 6.18 Å². The maximum absolute atomic E-state index is 12.9. The Bertz CT molecular complexity index is 371. The van der Waals surface area contributed by atoms with Gasteiger partial charge in [0.15, 0.2) is 0 Å². The van der Waals surface area contributed by atoms with Crippen LogP contribution in [0, 0.1) is 5.82 Å². The fourth-order valence-corrected chi connectivity index (χ4v) is 1.32. The molecule has 0 radical (unpaired) electrons. The number of alkyl halides is 3. The van der Waals surface area contributed by atoms with E-state index < -0.39 is 29.6 Å². The maximum Gasteiger partial charge on any atom is 0.419 e. The Hall–Kier alpha value is -1.10. The van der Waals surface area contributed by atoms with Gasteiger partial charge in [-0.3, -0.25) is 0 Å². The van der Waals surface area contributed by atoms with Crippen LogP contribution >= 0.6 is 0 Å². The lowest BCUT2D eigenvalue weighted by atomic mass is 9.94. The van der Waals surface area contributed by atoms with E-state index in [-0.39, 0.29) is 5.56 Å². The smallest absolute Gasteiger partial charge is 0.393 e. The Balaban J connectivity index is 3.18. The number of aliphatic hydroxyl groups is 1. The molecule has 0 saturated heterocycles. The Morgan fingerprint density at radius 3 is 2.19 bits per heavy atom. The lowest BCUT2D eigenvalue weighted by molar-refractivity contribution is -0.140. The third-order valence-electron chi connectivity index (χ3n) is 2.55. The van der Waals surface area contributed by atoms with Crippen molar-refractivity contribution in [2.24, 2.45) is 0 Å². The minimum Gasteiger partial charge on any atom is -0.393 e. The first-order valence-electron chi connectivity index (χ1n) is 4.78. The van der Waals surface area contributed by atoms with Crippen LogP contribution in [0.4, 0.5) is 17.6 Å². The maximum atomic E-state index is 12.9. The van der Waals surface area contributed by atoms with Crippen molar-refractivity contribution in [3.8, 4) is 0 Å². The Morgan fingerprint density at radius 2 is 1.75 bits per heavy atom. The summed E-state index contributed by atoms with van der Waals surface area (Å²) < 4.78 is 50.1. The molecule has 1 aromatic rings. The largest absolute Gasteiger partial charge is 0.419 e. The molecule has 5 heteroatoms. The van der Waals surface area contributed by atoms with Crippen molar-refractivity contribution < 1.29 is 22.7 Å². The number of benzene rings is 1. The molecular weight excluding hydrogens is 224 g/mol. The molecule has 0 heterocycles. The SMILES string of the molecule is CC(O)C(C)c1ccc(F)c(C(F)(F)F)c1. The van der Waals surface area contributed by atoms with Gasteiger partial charge in [0.2, 0.25) is 0 Å². The zero-order chi connectivity index (χ0) is 12.5. The van der Waals surface area contributed by atoms with Crippen LogP contribution < -0.4 is 0 Å². The van der Waals surface area contributed by atoms with Gasteiger partial charge < -0.3 is 5.11 Å². The van der Waals surface area contributed by atoms with Crippen molar-refractivity contribution in [3.63, 3.8) is 0 Å². The van der Waals surface area contributed by atoms with E-state index in [1.165, 1.54) is 13.0 Å². The van der Waals surface area contributed by atoms with Gasteiger partial charge in [-0.15, -0.1) is 0 Å². The molecule has 0 spiro atoms. The van der Waals surface area contributed by atoms with E-state index in [1.807, 2.05) is 0 Å². The second-order valence-corrected chi connectivity index (χ2v) is 3.77. The number of halogens is 4. The molecule has 0 saturated carbocycles. The summed E-state index contributed by atoms with van der Waals surface area (Å²) in [6.07, 6.45) is -5.50. The highest BCUT2D eigenvalue weighted by molar-refractivity contribution is 5.29. The summed E-state index contributed by atoms with van der Waals surface area (Å²) in [5.74, 6) is -1.77. The standard InChI is InChI=1S/C11H12F4O/c1-6(7(2)16)8-3-4-10(12)9(5-8)11(13,14)15/h3-7,16H,1-2H3. The first-order chi connectivity index (χ1) is 7.23. The Kier molecular flexibility index (Phi) is 3.57. The van der Waals surface area contributed by atoms with Gasteiger partial charge in [0.05, 0.1) is 11.7 Å². The van der Waals surface area contributed by atoms with E-state index in [9.17, 15) is 22.7 Å². The van der Waals surface area contributed by atoms with Gasteiger partial charge in [-0.2, -0.15) is 13.2 Å². The highest BCUT2D eigenvalue weighted by atomic mass is 19.4. The first-order valence-corrected chi connectivity index (χ1v) is 4.78. The van der Waals surface area contributed by atoms with Crippen molar-refractivity contribution in [2.75, 3.05) is 0 Å². The summed E-state index contributed by atoms with van der Waals surface area (Å²) in [6.45, 7) is 3.05. The van der Waals surface area contributed by atoms with Crippen LogP contribution in [0.25, 0.3) is 0 Å². The van der Waals surface area contributed by atoms with Crippen LogP contribution in [0.2, 0.25) is 0 Å². The van der Waals surface area contributed by atoms with Crippen LogP contribution in [0.5, 0.6) is 0 Å². The summed E-state index contributed by atoms with van der Waals surface area (Å²) in [7, 11) is 0. The molecule has 0 aromatic heterocycles. The molecule has 1 rings (SSSR count). The molecule has 16 heavy (non-hydrogen) atoms. The summed E-state index contributed by atoms with van der Waals surface area (Å²) in [5, 5.41) is 9.26. The van der Waals surface area contributed by atoms with Gasteiger partial charge in [-0.1, -0.05) is 13.0 Å². The predicted molar refractivity (Wildman–Crippen MR) is 51.5 cm³/mol. The molecule has 0 aliphatic heterocycles. The normalized spacial score (nSPS) is 15.9. The average molecular weight is 236 g/mol. The fourth-order valence-electron chi connectivity index (χ4n) is 1.32. The van der Waals surface area contributed by atoms with Crippen LogP contribution in [0.3, 0.4) is 0 Å². The molecule has 1 aromatic carbocycles. The minimum absolute atomic E-state index is 0.267. The van der Waals surface area contributed by atoms with E-state index >= 15 is 0 Å². The summed E-state index contributed by atoms with van der Waals surface area (Å²) in [6, 6.07) is 2.77. The molecule has 0 aliphatic carbocycles. The van der Waals surface area contributed by atoms with E-state index in [0.717, 1.165) is 12.1 Å². The monoisotopic (exact) mass is 236 g/mol. The van der Waals surface area contributed by atoms with E-state index in [0.29, 0.717) is 0 Å². The first kappa shape index (κ1) is 13.0. The van der Waals surface area contributed by atoms with E-state index in [4.69, 9.17) is 0 Å². The van der Waals surface area contributed by atoms with Crippen molar-refractivity contribution in [3.05, 3.63) is 35.1 Å². The molecular formula is C11H12F4O. The van der Waals surface area contributed by atoms with Crippen molar-refractivity contribution in [1.82, 2.24) is 0 Å². The summed E-state index contributed by atoms with van der Waals surface area (Å²) in [5.41, 5.74) is -1.03. The number of hydrogen-bond acceptors (Lipinski definition) is 1. The third kappa shape index (κ3) is 2.72. The predicted octanol–water partition coefficient (Wildman–Crippen LogP) is 3.33. The highest BCUT2D eigenvalue weighted by Crippen LogP contribution is 2.33. The van der Waals surface area contributed by atoms with Gasteiger partial charge in [-0.25, -0.2) is 4.39 Å². The second kappa shape index (κ2) is 4.41. The van der Waals surface area contributed by atoms with Crippen molar-refractivity contribution in [1.29, 1.82) is 0 Å². The van der Waals surface area contributed by atoms with Gasteiger partial charge in [-0.05, 0) is 24.6 Å². The molecule has 90 valence electrons. The molecule has 0 bridgehead atoms. The number of hydrogen-bond donors (Lipinski definition) is 1. The summed E-state index contributed by atoms with van der Waals surface area (Å²) >= 11 is 0. The van der Waals surface area contributed by atoms with E-state index in [2.05, 4.69) is 0 Å². The van der Waals surface area contributed by atoms with E-state index in [1.54, 1.807) is 6.92 Å². The van der Waals surface area contributed by atoms with Gasteiger partial charge >= 0.3 is 6.18 Å². The highest BCUT2D eigenvalue weighted by Gasteiger charge is 2.34. The van der Waals surface area contributed by atoms with Crippen molar-refractivity contribution in [2.45, 2.75) is 32.0 Å². The van der Waals surface area contributed by atoms with Crippen molar-refractivity contribution >= 4 is 0 Å². The van der Waals surface area contributed by atoms with Gasteiger partial charge in [0, 0.05) is 5.92 Å². The quantitative estimate of drug-likeness (QED) is 0.781. The molecule has 1 N–H and O–H groups in total. The number of rotatable bonds is 2. The molecule has 0 fully saturated rings. The van der Waals surface area contributed by atoms with Gasteiger partial charge in [0.1, 0.15) is 5.82 Å². The van der Waals surface area contributed by atoms with Gasteiger partial charge in [0.25, 0.3) is 0 Å². The average Bonchev–Trinajstić information content (AvgIpc) is 2.15. The third-order valence-corrected chi connectivity index (χ3v) is 2.55. The number of aliphatic hydroxyl groups excluding tert-OH is 1. The molecule has 0 amide bonds. The van der Waals surface area contributed by atoms with Crippen LogP contribution in [0.15, 0.2) is 18.2 Å². The minimum atomic E-state index is -4.71. The lowest BCUT2D eigenvalue weighted by Gasteiger charge is -2.17. The van der Waals surface area contributed by atoms with Crippen LogP contribution in [-0.4, -0.2) is 11.2 Å². The Labute approximate surface area is 90.7 Å². The molecule has 0 aliphatic rings. The lowest BCUT2D eigenvalue weighted by Crippen LogP contribution is -2.14. The Morgan fingerprint density at radius 1 is 1.19 bits per heavy atom. The van der Waals surface area contributed by atoms with Crippen LogP contribution in [0.1, 0.15) is 30.9 Å². The second-order valence-electron chi connectivity index (χ2n) is 3.77. The summed E-state index contributed by atoms with van der Waals surface area (Å²) in [4.78, 5) is 0. The molecule has 1 nitrogen and oxygen atoms in total.